The summed E-state index contributed by atoms with van der Waals surface area (Å²) in [7, 11) is 0. The molecule has 0 radical (unpaired) electrons. The van der Waals surface area contributed by atoms with Crippen molar-refractivity contribution in [3.05, 3.63) is 0 Å². The predicted molar refractivity (Wildman–Crippen MR) is 116 cm³/mol. The third-order valence-electron chi connectivity index (χ3n) is 10.2. The predicted octanol–water partition coefficient (Wildman–Crippen LogP) is 6.81. The van der Waals surface area contributed by atoms with Gasteiger partial charge in [-0.1, -0.05) is 53.9 Å². The first-order chi connectivity index (χ1) is 13.3. The van der Waals surface area contributed by atoms with Gasteiger partial charge in [-0.2, -0.15) is 0 Å². The Morgan fingerprint density at radius 3 is 2.32 bits per heavy atom. The van der Waals surface area contributed by atoms with Crippen LogP contribution in [0.1, 0.15) is 105 Å². The molecule has 0 aromatic heterocycles. The lowest BCUT2D eigenvalue weighted by Crippen LogP contribution is -2.57. The van der Waals surface area contributed by atoms with E-state index < -0.39 is 6.29 Å². The number of fused-ring (bicyclic) bond motifs is 5. The van der Waals surface area contributed by atoms with E-state index in [0.29, 0.717) is 16.9 Å². The standard InChI is InChI=1S/C26H46O2/c1-17(2)7-6-8-18(3)20-10-11-21-19-9-12-23-26(5,16-14-24(27)28-23)22(19)13-15-25(20,21)4/h17-24,27H,6-16H2,1-5H3/t18-,19+,20?,21+,22+,23-,24-,25-,26-/m1/s1. The Bertz CT molecular complexity index is 545. The molecule has 1 N–H and O–H groups in total. The SMILES string of the molecule is CC(C)CCC[C@@H](C)C1CC[C@H]2[C@@H]3CC[C@H]4O[C@@H](O)CC[C@]4(C)[C@H]3CC[C@]12C. The molecule has 9 atom stereocenters. The highest BCUT2D eigenvalue weighted by Gasteiger charge is 2.61. The van der Waals surface area contributed by atoms with Crippen molar-refractivity contribution < 1.29 is 9.84 Å². The van der Waals surface area contributed by atoms with Gasteiger partial charge in [0.25, 0.3) is 0 Å². The van der Waals surface area contributed by atoms with Crippen LogP contribution >= 0.6 is 0 Å². The van der Waals surface area contributed by atoms with Crippen LogP contribution in [0.3, 0.4) is 0 Å². The van der Waals surface area contributed by atoms with Gasteiger partial charge < -0.3 is 9.84 Å². The Labute approximate surface area is 174 Å². The van der Waals surface area contributed by atoms with Crippen molar-refractivity contribution in [3.8, 4) is 0 Å². The van der Waals surface area contributed by atoms with Gasteiger partial charge in [-0.3, -0.25) is 0 Å². The Hall–Kier alpha value is -0.0800. The molecule has 4 fully saturated rings. The highest BCUT2D eigenvalue weighted by atomic mass is 16.6. The summed E-state index contributed by atoms with van der Waals surface area (Å²) in [4.78, 5) is 0. The molecule has 3 aliphatic carbocycles. The molecule has 4 rings (SSSR count). The maximum Gasteiger partial charge on any atom is 0.154 e. The number of aliphatic hydroxyl groups excluding tert-OH is 1. The van der Waals surface area contributed by atoms with Gasteiger partial charge in [0.15, 0.2) is 6.29 Å². The molecule has 0 spiro atoms. The molecule has 2 nitrogen and oxygen atoms in total. The molecule has 3 saturated carbocycles. The second-order valence-corrected chi connectivity index (χ2v) is 12.1. The van der Waals surface area contributed by atoms with Crippen LogP contribution in [0.15, 0.2) is 0 Å². The van der Waals surface area contributed by atoms with Crippen LogP contribution in [0.2, 0.25) is 0 Å². The average molecular weight is 391 g/mol. The lowest BCUT2D eigenvalue weighted by atomic mass is 9.47. The molecule has 2 heteroatoms. The van der Waals surface area contributed by atoms with Crippen LogP contribution in [-0.4, -0.2) is 17.5 Å². The minimum atomic E-state index is -0.508. The smallest absolute Gasteiger partial charge is 0.154 e. The van der Waals surface area contributed by atoms with Gasteiger partial charge in [0, 0.05) is 0 Å². The molecule has 0 amide bonds. The van der Waals surface area contributed by atoms with Gasteiger partial charge in [-0.15, -0.1) is 0 Å². The fourth-order valence-electron chi connectivity index (χ4n) is 8.71. The summed E-state index contributed by atoms with van der Waals surface area (Å²) in [5.74, 6) is 5.36. The van der Waals surface area contributed by atoms with E-state index in [-0.39, 0.29) is 0 Å². The van der Waals surface area contributed by atoms with Crippen molar-refractivity contribution in [3.63, 3.8) is 0 Å². The van der Waals surface area contributed by atoms with Gasteiger partial charge in [-0.05, 0) is 97.7 Å². The van der Waals surface area contributed by atoms with Crippen molar-refractivity contribution in [1.82, 2.24) is 0 Å². The Kier molecular flexibility index (Phi) is 5.95. The molecule has 162 valence electrons. The maximum absolute atomic E-state index is 10.0. The molecule has 1 heterocycles. The summed E-state index contributed by atoms with van der Waals surface area (Å²) < 4.78 is 6.06. The first-order valence-electron chi connectivity index (χ1n) is 12.6. The van der Waals surface area contributed by atoms with Crippen molar-refractivity contribution in [2.45, 2.75) is 118 Å². The van der Waals surface area contributed by atoms with E-state index in [1.807, 2.05) is 0 Å². The number of ether oxygens (including phenoxy) is 1. The van der Waals surface area contributed by atoms with E-state index in [9.17, 15) is 5.11 Å². The van der Waals surface area contributed by atoms with Crippen LogP contribution in [0.5, 0.6) is 0 Å². The summed E-state index contributed by atoms with van der Waals surface area (Å²) in [5, 5.41) is 10.0. The fraction of sp³-hybridized carbons (Fsp3) is 1.00. The molecule has 4 aliphatic rings. The molecule has 0 aromatic rings. The molecule has 1 aliphatic heterocycles. The molecule has 0 aromatic carbocycles. The van der Waals surface area contributed by atoms with Crippen LogP contribution in [0.25, 0.3) is 0 Å². The lowest BCUT2D eigenvalue weighted by Gasteiger charge is -2.60. The number of rotatable bonds is 5. The van der Waals surface area contributed by atoms with Gasteiger partial charge in [0.1, 0.15) is 0 Å². The highest BCUT2D eigenvalue weighted by Crippen LogP contribution is 2.67. The van der Waals surface area contributed by atoms with Crippen LogP contribution in [0, 0.1) is 46.3 Å². The fourth-order valence-corrected chi connectivity index (χ4v) is 8.71. The van der Waals surface area contributed by atoms with E-state index in [1.165, 1.54) is 64.2 Å². The normalized spacial score (nSPS) is 49.4. The van der Waals surface area contributed by atoms with E-state index in [4.69, 9.17) is 4.74 Å². The van der Waals surface area contributed by atoms with Crippen LogP contribution < -0.4 is 0 Å². The van der Waals surface area contributed by atoms with Crippen LogP contribution in [-0.2, 0) is 4.74 Å². The van der Waals surface area contributed by atoms with Gasteiger partial charge in [0.2, 0.25) is 0 Å². The topological polar surface area (TPSA) is 29.5 Å². The van der Waals surface area contributed by atoms with E-state index in [2.05, 4.69) is 34.6 Å². The summed E-state index contributed by atoms with van der Waals surface area (Å²) in [6.45, 7) is 12.5. The third kappa shape index (κ3) is 3.49. The number of aliphatic hydroxyl groups is 1. The third-order valence-corrected chi connectivity index (χ3v) is 10.2. The zero-order valence-electron chi connectivity index (χ0n) is 19.3. The zero-order chi connectivity index (χ0) is 20.1. The monoisotopic (exact) mass is 390 g/mol. The number of hydrogen-bond acceptors (Lipinski definition) is 2. The summed E-state index contributed by atoms with van der Waals surface area (Å²) in [6, 6.07) is 0. The Balaban J connectivity index is 1.46. The second kappa shape index (κ2) is 7.88. The Morgan fingerprint density at radius 1 is 0.857 bits per heavy atom. The van der Waals surface area contributed by atoms with Gasteiger partial charge in [-0.25, -0.2) is 0 Å². The van der Waals surface area contributed by atoms with Crippen molar-refractivity contribution in [2.24, 2.45) is 46.3 Å². The first-order valence-corrected chi connectivity index (χ1v) is 12.6. The molecule has 0 bridgehead atoms. The van der Waals surface area contributed by atoms with Crippen molar-refractivity contribution in [2.75, 3.05) is 0 Å². The molecular weight excluding hydrogens is 344 g/mol. The maximum atomic E-state index is 10.0. The molecule has 28 heavy (non-hydrogen) atoms. The van der Waals surface area contributed by atoms with Gasteiger partial charge in [0.05, 0.1) is 6.10 Å². The summed E-state index contributed by atoms with van der Waals surface area (Å²) >= 11 is 0. The van der Waals surface area contributed by atoms with E-state index >= 15 is 0 Å². The highest BCUT2D eigenvalue weighted by molar-refractivity contribution is 5.09. The average Bonchev–Trinajstić information content (AvgIpc) is 2.99. The minimum absolute atomic E-state index is 0.300. The van der Waals surface area contributed by atoms with Gasteiger partial charge >= 0.3 is 0 Å². The molecule has 1 saturated heterocycles. The van der Waals surface area contributed by atoms with Crippen molar-refractivity contribution >= 4 is 0 Å². The van der Waals surface area contributed by atoms with Crippen LogP contribution in [0.4, 0.5) is 0 Å². The molecular formula is C26H46O2. The van der Waals surface area contributed by atoms with E-state index in [1.54, 1.807) is 0 Å². The number of hydrogen-bond donors (Lipinski definition) is 1. The largest absolute Gasteiger partial charge is 0.368 e. The van der Waals surface area contributed by atoms with E-state index in [0.717, 1.165) is 41.9 Å². The van der Waals surface area contributed by atoms with Crippen molar-refractivity contribution in [1.29, 1.82) is 0 Å². The quantitative estimate of drug-likeness (QED) is 0.559. The lowest BCUT2D eigenvalue weighted by molar-refractivity contribution is -0.248. The molecule has 1 unspecified atom stereocenters. The summed E-state index contributed by atoms with van der Waals surface area (Å²) in [5.41, 5.74) is 0.890. The second-order valence-electron chi connectivity index (χ2n) is 12.1. The summed E-state index contributed by atoms with van der Waals surface area (Å²) in [6.07, 6.45) is 14.3. The zero-order valence-corrected chi connectivity index (χ0v) is 19.3. The Morgan fingerprint density at radius 2 is 1.57 bits per heavy atom. The first kappa shape index (κ1) is 21.2. The minimum Gasteiger partial charge on any atom is -0.368 e.